The molecular weight excluding hydrogens is 250 g/mol. The quantitative estimate of drug-likeness (QED) is 0.685. The molecule has 0 saturated carbocycles. The van der Waals surface area contributed by atoms with Gasteiger partial charge in [0, 0.05) is 18.8 Å². The first-order valence-corrected chi connectivity index (χ1v) is 7.97. The molecule has 1 atom stereocenters. The Morgan fingerprint density at radius 3 is 2.75 bits per heavy atom. The van der Waals surface area contributed by atoms with Gasteiger partial charge in [-0.3, -0.25) is 0 Å². The van der Waals surface area contributed by atoms with E-state index < -0.39 is 0 Å². The molecule has 0 radical (unpaired) electrons. The van der Waals surface area contributed by atoms with Gasteiger partial charge in [-0.15, -0.1) is 0 Å². The summed E-state index contributed by atoms with van der Waals surface area (Å²) in [6.45, 7) is 4.84. The highest BCUT2D eigenvalue weighted by Gasteiger charge is 2.15. The molecule has 3 heteroatoms. The van der Waals surface area contributed by atoms with E-state index in [1.54, 1.807) is 0 Å². The Kier molecular flexibility index (Phi) is 6.72. The van der Waals surface area contributed by atoms with E-state index in [9.17, 15) is 0 Å². The van der Waals surface area contributed by atoms with Crippen LogP contribution in [0.2, 0.25) is 0 Å². The largest absolute Gasteiger partial charge is 0.491 e. The smallest absolute Gasteiger partial charge is 0.119 e. The maximum absolute atomic E-state index is 5.75. The molecule has 1 unspecified atom stereocenters. The fourth-order valence-corrected chi connectivity index (χ4v) is 2.42. The van der Waals surface area contributed by atoms with Crippen molar-refractivity contribution >= 4 is 5.69 Å². The molecular formula is C17H27NO2. The van der Waals surface area contributed by atoms with Crippen LogP contribution < -0.4 is 10.1 Å². The maximum Gasteiger partial charge on any atom is 0.119 e. The van der Waals surface area contributed by atoms with Gasteiger partial charge in [0.1, 0.15) is 12.4 Å². The minimum absolute atomic E-state index is 0.284. The van der Waals surface area contributed by atoms with Gasteiger partial charge in [-0.25, -0.2) is 0 Å². The number of anilines is 1. The first-order chi connectivity index (χ1) is 9.88. The van der Waals surface area contributed by atoms with Gasteiger partial charge in [-0.1, -0.05) is 26.2 Å². The van der Waals surface area contributed by atoms with Crippen LogP contribution in [0.4, 0.5) is 5.69 Å². The highest BCUT2D eigenvalue weighted by Crippen LogP contribution is 2.18. The van der Waals surface area contributed by atoms with Crippen LogP contribution in [-0.4, -0.2) is 25.9 Å². The van der Waals surface area contributed by atoms with Crippen molar-refractivity contribution in [3.63, 3.8) is 0 Å². The molecule has 112 valence electrons. The topological polar surface area (TPSA) is 30.5 Å². The molecule has 2 rings (SSSR count). The Bertz CT molecular complexity index is 358. The predicted octanol–water partition coefficient (Wildman–Crippen LogP) is 4.24. The van der Waals surface area contributed by atoms with E-state index in [4.69, 9.17) is 9.47 Å². The molecule has 1 aromatic carbocycles. The van der Waals surface area contributed by atoms with E-state index in [1.165, 1.54) is 31.4 Å². The zero-order chi connectivity index (χ0) is 14.0. The average molecular weight is 277 g/mol. The average Bonchev–Trinajstić information content (AvgIpc) is 2.99. The van der Waals surface area contributed by atoms with Gasteiger partial charge in [-0.2, -0.15) is 0 Å². The van der Waals surface area contributed by atoms with Crippen molar-refractivity contribution in [2.45, 2.75) is 51.6 Å². The SMILES string of the molecule is CCCCCCNc1ccc(OCC2CCCO2)cc1. The van der Waals surface area contributed by atoms with Gasteiger partial charge in [-0.05, 0) is 43.5 Å². The van der Waals surface area contributed by atoms with Gasteiger partial charge in [0.25, 0.3) is 0 Å². The number of benzene rings is 1. The van der Waals surface area contributed by atoms with Crippen LogP contribution in [0.15, 0.2) is 24.3 Å². The zero-order valence-electron chi connectivity index (χ0n) is 12.6. The Morgan fingerprint density at radius 1 is 1.20 bits per heavy atom. The van der Waals surface area contributed by atoms with Crippen molar-refractivity contribution in [2.24, 2.45) is 0 Å². The monoisotopic (exact) mass is 277 g/mol. The fourth-order valence-electron chi connectivity index (χ4n) is 2.42. The van der Waals surface area contributed by atoms with Crippen LogP contribution in [0.3, 0.4) is 0 Å². The summed E-state index contributed by atoms with van der Waals surface area (Å²) in [5.74, 6) is 0.928. The lowest BCUT2D eigenvalue weighted by Crippen LogP contribution is -2.16. The van der Waals surface area contributed by atoms with E-state index in [-0.39, 0.29) is 6.10 Å². The third-order valence-corrected chi connectivity index (χ3v) is 3.67. The summed E-state index contributed by atoms with van der Waals surface area (Å²) in [5.41, 5.74) is 1.17. The predicted molar refractivity (Wildman–Crippen MR) is 83.5 cm³/mol. The van der Waals surface area contributed by atoms with Crippen LogP contribution in [-0.2, 0) is 4.74 Å². The molecule has 1 aliphatic rings. The third-order valence-electron chi connectivity index (χ3n) is 3.67. The lowest BCUT2D eigenvalue weighted by molar-refractivity contribution is 0.0679. The summed E-state index contributed by atoms with van der Waals surface area (Å²) in [6.07, 6.45) is 7.74. The maximum atomic E-state index is 5.75. The number of hydrogen-bond acceptors (Lipinski definition) is 3. The summed E-state index contributed by atoms with van der Waals surface area (Å²) >= 11 is 0. The first-order valence-electron chi connectivity index (χ1n) is 7.97. The molecule has 1 aliphatic heterocycles. The van der Waals surface area contributed by atoms with Crippen molar-refractivity contribution in [3.05, 3.63) is 24.3 Å². The molecule has 0 aromatic heterocycles. The fraction of sp³-hybridized carbons (Fsp3) is 0.647. The molecule has 1 aromatic rings. The van der Waals surface area contributed by atoms with Gasteiger partial charge in [0.15, 0.2) is 0 Å². The van der Waals surface area contributed by atoms with Crippen LogP contribution in [0.1, 0.15) is 45.4 Å². The van der Waals surface area contributed by atoms with Crippen molar-refractivity contribution in [2.75, 3.05) is 25.1 Å². The van der Waals surface area contributed by atoms with Crippen molar-refractivity contribution in [3.8, 4) is 5.75 Å². The van der Waals surface area contributed by atoms with Gasteiger partial charge in [0.05, 0.1) is 6.10 Å². The van der Waals surface area contributed by atoms with E-state index in [1.807, 2.05) is 12.1 Å². The molecule has 3 nitrogen and oxygen atoms in total. The van der Waals surface area contributed by atoms with Crippen LogP contribution in [0.5, 0.6) is 5.75 Å². The second kappa shape index (κ2) is 8.85. The Labute approximate surface area is 122 Å². The number of hydrogen-bond donors (Lipinski definition) is 1. The van der Waals surface area contributed by atoms with E-state index in [0.29, 0.717) is 6.61 Å². The molecule has 1 N–H and O–H groups in total. The Morgan fingerprint density at radius 2 is 2.05 bits per heavy atom. The van der Waals surface area contributed by atoms with Crippen molar-refractivity contribution < 1.29 is 9.47 Å². The number of nitrogens with one attached hydrogen (secondary N) is 1. The molecule has 1 heterocycles. The van der Waals surface area contributed by atoms with Crippen molar-refractivity contribution in [1.29, 1.82) is 0 Å². The standard InChI is InChI=1S/C17H27NO2/c1-2-3-4-5-12-18-15-8-10-16(11-9-15)20-14-17-7-6-13-19-17/h8-11,17-18H,2-7,12-14H2,1H3. The molecule has 20 heavy (non-hydrogen) atoms. The normalized spacial score (nSPS) is 18.1. The molecule has 0 bridgehead atoms. The summed E-state index contributed by atoms with van der Waals surface area (Å²) in [6, 6.07) is 8.24. The molecule has 0 aliphatic carbocycles. The molecule has 0 spiro atoms. The lowest BCUT2D eigenvalue weighted by atomic mass is 10.2. The highest BCUT2D eigenvalue weighted by atomic mass is 16.5. The second-order valence-corrected chi connectivity index (χ2v) is 5.46. The highest BCUT2D eigenvalue weighted by molar-refractivity contribution is 5.46. The Balaban J connectivity index is 1.64. The summed E-state index contributed by atoms with van der Waals surface area (Å²) in [5, 5.41) is 3.45. The number of ether oxygens (including phenoxy) is 2. The minimum Gasteiger partial charge on any atom is -0.491 e. The van der Waals surface area contributed by atoms with E-state index in [2.05, 4.69) is 24.4 Å². The van der Waals surface area contributed by atoms with Crippen LogP contribution in [0.25, 0.3) is 0 Å². The summed E-state index contributed by atoms with van der Waals surface area (Å²) in [4.78, 5) is 0. The third kappa shape index (κ3) is 5.41. The lowest BCUT2D eigenvalue weighted by Gasteiger charge is -2.12. The molecule has 1 fully saturated rings. The number of rotatable bonds is 9. The van der Waals surface area contributed by atoms with Gasteiger partial charge in [0.2, 0.25) is 0 Å². The molecule has 0 amide bonds. The minimum atomic E-state index is 0.284. The van der Waals surface area contributed by atoms with E-state index >= 15 is 0 Å². The van der Waals surface area contributed by atoms with Crippen LogP contribution in [0, 0.1) is 0 Å². The van der Waals surface area contributed by atoms with Gasteiger partial charge < -0.3 is 14.8 Å². The summed E-state index contributed by atoms with van der Waals surface area (Å²) < 4.78 is 11.3. The molecule has 1 saturated heterocycles. The van der Waals surface area contributed by atoms with E-state index in [0.717, 1.165) is 31.7 Å². The van der Waals surface area contributed by atoms with Crippen LogP contribution >= 0.6 is 0 Å². The van der Waals surface area contributed by atoms with Gasteiger partial charge >= 0.3 is 0 Å². The summed E-state index contributed by atoms with van der Waals surface area (Å²) in [7, 11) is 0. The number of unbranched alkanes of at least 4 members (excludes halogenated alkanes) is 3. The first kappa shape index (κ1) is 15.2. The van der Waals surface area contributed by atoms with Crippen molar-refractivity contribution in [1.82, 2.24) is 0 Å². The Hall–Kier alpha value is -1.22. The zero-order valence-corrected chi connectivity index (χ0v) is 12.6. The second-order valence-electron chi connectivity index (χ2n) is 5.46.